The molecule has 0 atom stereocenters. The molecule has 3 aromatic rings. The van der Waals surface area contributed by atoms with Gasteiger partial charge in [0.25, 0.3) is 0 Å². The number of piperidine rings is 1. The number of nitrogens with two attached hydrogens (primary N) is 3. The van der Waals surface area contributed by atoms with E-state index in [0.29, 0.717) is 12.3 Å². The third-order valence-corrected chi connectivity index (χ3v) is 6.03. The van der Waals surface area contributed by atoms with E-state index in [1.165, 1.54) is 11.1 Å². The van der Waals surface area contributed by atoms with Crippen LogP contribution in [0.1, 0.15) is 29.9 Å². The first-order chi connectivity index (χ1) is 14.6. The molecule has 6 N–H and O–H groups in total. The highest BCUT2D eigenvalue weighted by Gasteiger charge is 2.21. The van der Waals surface area contributed by atoms with Crippen LogP contribution in [0.3, 0.4) is 0 Å². The fourth-order valence-electron chi connectivity index (χ4n) is 4.29. The molecule has 0 bridgehead atoms. The van der Waals surface area contributed by atoms with E-state index < -0.39 is 0 Å². The van der Waals surface area contributed by atoms with Crippen molar-refractivity contribution in [2.45, 2.75) is 25.2 Å². The Hall–Kier alpha value is -3.40. The molecule has 0 aromatic heterocycles. The van der Waals surface area contributed by atoms with Crippen LogP contribution in [0.4, 0.5) is 5.69 Å². The van der Waals surface area contributed by atoms with Gasteiger partial charge in [-0.05, 0) is 42.0 Å². The van der Waals surface area contributed by atoms with Gasteiger partial charge in [0.15, 0.2) is 0 Å². The molecule has 30 heavy (non-hydrogen) atoms. The van der Waals surface area contributed by atoms with Crippen molar-refractivity contribution in [1.82, 2.24) is 4.90 Å². The molecular formula is C26H30N4. The van der Waals surface area contributed by atoms with E-state index in [9.17, 15) is 0 Å². The van der Waals surface area contributed by atoms with E-state index in [1.807, 2.05) is 42.5 Å². The number of nitrogen functional groups attached to an aromatic ring is 1. The van der Waals surface area contributed by atoms with Gasteiger partial charge in [0, 0.05) is 41.3 Å². The average Bonchev–Trinajstić information content (AvgIpc) is 2.80. The Morgan fingerprint density at radius 1 is 0.767 bits per heavy atom. The first-order valence-electron chi connectivity index (χ1n) is 10.6. The zero-order chi connectivity index (χ0) is 20.9. The van der Waals surface area contributed by atoms with Crippen LogP contribution >= 0.6 is 0 Å². The molecule has 0 spiro atoms. The van der Waals surface area contributed by atoms with Gasteiger partial charge in [-0.25, -0.2) is 0 Å². The first kappa shape index (κ1) is 19.9. The number of anilines is 1. The predicted octanol–water partition coefficient (Wildman–Crippen LogP) is 2.48. The molecule has 4 rings (SSSR count). The van der Waals surface area contributed by atoms with E-state index >= 15 is 0 Å². The summed E-state index contributed by atoms with van der Waals surface area (Å²) < 4.78 is 0. The lowest BCUT2D eigenvalue weighted by atomic mass is 9.89. The zero-order valence-electron chi connectivity index (χ0n) is 17.3. The maximum absolute atomic E-state index is 6.66. The van der Waals surface area contributed by atoms with Crippen LogP contribution in [-0.2, 0) is 6.42 Å². The summed E-state index contributed by atoms with van der Waals surface area (Å²) in [6, 6.07) is 26.8. The normalized spacial score (nSPS) is 16.9. The number of hydrogen-bond donors (Lipinski definition) is 3. The van der Waals surface area contributed by atoms with Crippen molar-refractivity contribution in [2.24, 2.45) is 11.5 Å². The lowest BCUT2D eigenvalue weighted by molar-refractivity contribution is 0.293. The summed E-state index contributed by atoms with van der Waals surface area (Å²) >= 11 is 0. The molecule has 0 amide bonds. The Balaban J connectivity index is 1.58. The van der Waals surface area contributed by atoms with Gasteiger partial charge in [-0.2, -0.15) is 0 Å². The highest BCUT2D eigenvalue weighted by atomic mass is 15.2. The van der Waals surface area contributed by atoms with E-state index in [2.05, 4.69) is 41.3 Å². The summed E-state index contributed by atoms with van der Waals surface area (Å²) in [5.41, 5.74) is 23.2. The van der Waals surface area contributed by atoms with E-state index in [4.69, 9.17) is 17.2 Å². The van der Waals surface area contributed by atoms with Crippen LogP contribution in [0.15, 0.2) is 78.9 Å². The number of likely N-dealkylation sites (tertiary alicyclic amines) is 1. The van der Waals surface area contributed by atoms with Crippen molar-refractivity contribution in [3.8, 4) is 0 Å². The van der Waals surface area contributed by atoms with Gasteiger partial charge in [-0.3, -0.25) is 0 Å². The smallest absolute Gasteiger partial charge is 0.107 e. The maximum Gasteiger partial charge on any atom is 0.107 e. The molecule has 1 fully saturated rings. The van der Waals surface area contributed by atoms with Gasteiger partial charge in [0.1, 0.15) is 5.82 Å². The van der Waals surface area contributed by atoms with Gasteiger partial charge in [-0.15, -0.1) is 0 Å². The minimum Gasteiger partial charge on any atom is -0.401 e. The number of benzene rings is 3. The van der Waals surface area contributed by atoms with Crippen molar-refractivity contribution < 1.29 is 0 Å². The second-order valence-electron chi connectivity index (χ2n) is 8.05. The fraction of sp³-hybridized carbons (Fsp3) is 0.231. The molecule has 1 aliphatic rings. The monoisotopic (exact) mass is 398 g/mol. The van der Waals surface area contributed by atoms with Crippen molar-refractivity contribution >= 4 is 17.2 Å². The number of nitrogens with zero attached hydrogens (tertiary/aromatic N) is 1. The second kappa shape index (κ2) is 8.95. The molecule has 1 heterocycles. The van der Waals surface area contributed by atoms with E-state index in [0.717, 1.165) is 53.6 Å². The Kier molecular flexibility index (Phi) is 5.94. The molecule has 0 aliphatic carbocycles. The van der Waals surface area contributed by atoms with Gasteiger partial charge < -0.3 is 22.1 Å². The Morgan fingerprint density at radius 3 is 2.03 bits per heavy atom. The molecular weight excluding hydrogens is 368 g/mol. The van der Waals surface area contributed by atoms with Crippen molar-refractivity contribution in [1.29, 1.82) is 0 Å². The number of hydrogen-bond acceptors (Lipinski definition) is 4. The van der Waals surface area contributed by atoms with Crippen molar-refractivity contribution in [3.63, 3.8) is 0 Å². The lowest BCUT2D eigenvalue weighted by Crippen LogP contribution is -2.43. The van der Waals surface area contributed by atoms with Gasteiger partial charge in [-0.1, -0.05) is 66.7 Å². The topological polar surface area (TPSA) is 81.3 Å². The molecule has 0 saturated carbocycles. The largest absolute Gasteiger partial charge is 0.401 e. The molecule has 154 valence electrons. The highest BCUT2D eigenvalue weighted by molar-refractivity contribution is 5.50. The van der Waals surface area contributed by atoms with Crippen LogP contribution in [0.2, 0.25) is 0 Å². The summed E-state index contributed by atoms with van der Waals surface area (Å²) in [7, 11) is 0. The van der Waals surface area contributed by atoms with Crippen LogP contribution in [0, 0.1) is 0 Å². The van der Waals surface area contributed by atoms with Gasteiger partial charge in [0.2, 0.25) is 0 Å². The van der Waals surface area contributed by atoms with Crippen LogP contribution in [0.25, 0.3) is 11.5 Å². The van der Waals surface area contributed by atoms with Crippen molar-refractivity contribution in [2.75, 3.05) is 18.8 Å². The highest BCUT2D eigenvalue weighted by Crippen LogP contribution is 2.29. The third kappa shape index (κ3) is 4.43. The SMILES string of the molecule is N/C(Cc1ccccc1)=c1/cccc/c1=C(/N)N1CCC(c2ccc(N)cc2)CC1. The van der Waals surface area contributed by atoms with Crippen LogP contribution in [-0.4, -0.2) is 18.0 Å². The van der Waals surface area contributed by atoms with Crippen LogP contribution < -0.4 is 27.6 Å². The van der Waals surface area contributed by atoms with Crippen molar-refractivity contribution in [3.05, 3.63) is 100 Å². The second-order valence-corrected chi connectivity index (χ2v) is 8.05. The predicted molar refractivity (Wildman–Crippen MR) is 125 cm³/mol. The molecule has 4 nitrogen and oxygen atoms in total. The molecule has 0 radical (unpaired) electrons. The summed E-state index contributed by atoms with van der Waals surface area (Å²) in [4.78, 5) is 2.29. The maximum atomic E-state index is 6.66. The van der Waals surface area contributed by atoms with Gasteiger partial charge >= 0.3 is 0 Å². The Labute approximate surface area is 178 Å². The van der Waals surface area contributed by atoms with E-state index in [-0.39, 0.29) is 0 Å². The molecule has 3 aromatic carbocycles. The standard InChI is InChI=1S/C26H30N4/c27-22-12-10-20(11-13-22)21-14-16-30(17-15-21)26(29)24-9-5-4-8-23(24)25(28)18-19-6-2-1-3-7-19/h1-13,21H,14-18,27-29H2/b25-23-,26-24+. The molecule has 4 heteroatoms. The first-order valence-corrected chi connectivity index (χ1v) is 10.6. The summed E-state index contributed by atoms with van der Waals surface area (Å²) in [6.07, 6.45) is 2.87. The summed E-state index contributed by atoms with van der Waals surface area (Å²) in [6.45, 7) is 1.88. The van der Waals surface area contributed by atoms with E-state index in [1.54, 1.807) is 0 Å². The summed E-state index contributed by atoms with van der Waals surface area (Å²) in [5.74, 6) is 1.37. The fourth-order valence-corrected chi connectivity index (χ4v) is 4.29. The molecule has 0 unspecified atom stereocenters. The molecule has 1 aliphatic heterocycles. The molecule has 1 saturated heterocycles. The van der Waals surface area contributed by atoms with Gasteiger partial charge in [0.05, 0.1) is 0 Å². The minimum absolute atomic E-state index is 0.555. The summed E-state index contributed by atoms with van der Waals surface area (Å²) in [5, 5.41) is 2.05. The zero-order valence-corrected chi connectivity index (χ0v) is 17.3. The average molecular weight is 399 g/mol. The quantitative estimate of drug-likeness (QED) is 0.590. The minimum atomic E-state index is 0.555. The third-order valence-electron chi connectivity index (χ3n) is 6.03. The van der Waals surface area contributed by atoms with Crippen LogP contribution in [0.5, 0.6) is 0 Å². The number of rotatable bonds is 4. The lowest BCUT2D eigenvalue weighted by Gasteiger charge is -2.34. The Morgan fingerprint density at radius 2 is 1.37 bits per heavy atom. The Bertz CT molecular complexity index is 1100.